The molecule has 1 heterocycles. The van der Waals surface area contributed by atoms with Gasteiger partial charge in [-0.25, -0.2) is 0 Å². The van der Waals surface area contributed by atoms with Crippen molar-refractivity contribution >= 4 is 29.0 Å². The van der Waals surface area contributed by atoms with Crippen molar-refractivity contribution in [2.75, 3.05) is 19.5 Å². The van der Waals surface area contributed by atoms with Crippen LogP contribution in [0.25, 0.3) is 0 Å². The summed E-state index contributed by atoms with van der Waals surface area (Å²) in [5.41, 5.74) is 7.25. The lowest BCUT2D eigenvalue weighted by Crippen LogP contribution is -2.33. The molecule has 1 unspecified atom stereocenters. The van der Waals surface area contributed by atoms with Gasteiger partial charge in [0.05, 0.1) is 32.1 Å². The SMILES string of the molecule is COc1ccc(C(Nc2ccc(C(=N)N)cc2)C(=O)NCc2ccco2)c(Cl)c1OC. The Morgan fingerprint density at radius 1 is 1.16 bits per heavy atom. The summed E-state index contributed by atoms with van der Waals surface area (Å²) < 4.78 is 16.0. The van der Waals surface area contributed by atoms with Crippen LogP contribution in [0.2, 0.25) is 5.02 Å². The molecule has 0 aliphatic rings. The third-order valence-corrected chi connectivity index (χ3v) is 5.00. The molecule has 1 atom stereocenters. The van der Waals surface area contributed by atoms with E-state index in [1.807, 2.05) is 0 Å². The van der Waals surface area contributed by atoms with Crippen LogP contribution < -0.4 is 25.8 Å². The van der Waals surface area contributed by atoms with Gasteiger partial charge in [0.1, 0.15) is 17.6 Å². The van der Waals surface area contributed by atoms with Gasteiger partial charge in [0.15, 0.2) is 11.5 Å². The lowest BCUT2D eigenvalue weighted by molar-refractivity contribution is -0.122. The average Bonchev–Trinajstić information content (AvgIpc) is 3.30. The zero-order valence-electron chi connectivity index (χ0n) is 17.1. The first kappa shape index (κ1) is 22.0. The molecular formula is C22H23ClN4O4. The fourth-order valence-electron chi connectivity index (χ4n) is 3.01. The second kappa shape index (κ2) is 9.90. The summed E-state index contributed by atoms with van der Waals surface area (Å²) in [5, 5.41) is 13.8. The van der Waals surface area contributed by atoms with Crippen LogP contribution in [-0.4, -0.2) is 26.0 Å². The molecule has 1 amide bonds. The number of nitrogen functional groups attached to an aromatic ring is 1. The molecule has 162 valence electrons. The van der Waals surface area contributed by atoms with Crippen LogP contribution in [0, 0.1) is 5.41 Å². The Morgan fingerprint density at radius 2 is 1.90 bits per heavy atom. The van der Waals surface area contributed by atoms with Crippen molar-refractivity contribution in [3.8, 4) is 11.5 Å². The number of nitrogens with two attached hydrogens (primary N) is 1. The minimum atomic E-state index is -0.842. The lowest BCUT2D eigenvalue weighted by Gasteiger charge is -2.22. The van der Waals surface area contributed by atoms with Gasteiger partial charge in [0.25, 0.3) is 0 Å². The number of nitrogens with one attached hydrogen (secondary N) is 3. The first-order valence-corrected chi connectivity index (χ1v) is 9.73. The molecule has 3 aromatic rings. The number of methoxy groups -OCH3 is 2. The van der Waals surface area contributed by atoms with Crippen LogP contribution in [0.15, 0.2) is 59.2 Å². The third kappa shape index (κ3) is 5.10. The minimum Gasteiger partial charge on any atom is -0.493 e. The van der Waals surface area contributed by atoms with Crippen LogP contribution in [0.4, 0.5) is 5.69 Å². The minimum absolute atomic E-state index is 0.0396. The monoisotopic (exact) mass is 442 g/mol. The van der Waals surface area contributed by atoms with Gasteiger partial charge >= 0.3 is 0 Å². The highest BCUT2D eigenvalue weighted by atomic mass is 35.5. The predicted molar refractivity (Wildman–Crippen MR) is 119 cm³/mol. The van der Waals surface area contributed by atoms with Gasteiger partial charge in [-0.1, -0.05) is 17.7 Å². The number of rotatable bonds is 9. The van der Waals surface area contributed by atoms with E-state index in [1.165, 1.54) is 14.2 Å². The van der Waals surface area contributed by atoms with E-state index in [-0.39, 0.29) is 23.3 Å². The zero-order valence-corrected chi connectivity index (χ0v) is 17.8. The Hall–Kier alpha value is -3.65. The van der Waals surface area contributed by atoms with E-state index in [1.54, 1.807) is 54.8 Å². The Kier molecular flexibility index (Phi) is 7.04. The van der Waals surface area contributed by atoms with Crippen molar-refractivity contribution in [3.05, 3.63) is 76.7 Å². The van der Waals surface area contributed by atoms with Crippen molar-refractivity contribution in [2.45, 2.75) is 12.6 Å². The van der Waals surface area contributed by atoms with E-state index < -0.39 is 6.04 Å². The predicted octanol–water partition coefficient (Wildman–Crippen LogP) is 3.70. The Balaban J connectivity index is 1.93. The number of carbonyl (C=O) groups excluding carboxylic acids is 1. The maximum absolute atomic E-state index is 13.1. The fourth-order valence-corrected chi connectivity index (χ4v) is 3.36. The van der Waals surface area contributed by atoms with Gasteiger partial charge in [-0.2, -0.15) is 0 Å². The van der Waals surface area contributed by atoms with E-state index in [9.17, 15) is 4.79 Å². The molecular weight excluding hydrogens is 420 g/mol. The summed E-state index contributed by atoms with van der Waals surface area (Å²) in [5.74, 6) is 1.05. The first-order valence-electron chi connectivity index (χ1n) is 9.36. The van der Waals surface area contributed by atoms with Gasteiger partial charge in [0.2, 0.25) is 5.91 Å². The van der Waals surface area contributed by atoms with Gasteiger partial charge in [-0.05, 0) is 42.5 Å². The number of ether oxygens (including phenoxy) is 2. The molecule has 5 N–H and O–H groups in total. The van der Waals surface area contributed by atoms with E-state index in [4.69, 9.17) is 36.6 Å². The zero-order chi connectivity index (χ0) is 22.4. The summed E-state index contributed by atoms with van der Waals surface area (Å²) in [6.07, 6.45) is 1.54. The van der Waals surface area contributed by atoms with Gasteiger partial charge in [0, 0.05) is 16.8 Å². The van der Waals surface area contributed by atoms with Crippen LogP contribution in [0.5, 0.6) is 11.5 Å². The van der Waals surface area contributed by atoms with E-state index in [0.717, 1.165) is 0 Å². The third-order valence-electron chi connectivity index (χ3n) is 4.61. The van der Waals surface area contributed by atoms with Crippen LogP contribution >= 0.6 is 11.6 Å². The smallest absolute Gasteiger partial charge is 0.247 e. The van der Waals surface area contributed by atoms with E-state index in [2.05, 4.69) is 10.6 Å². The summed E-state index contributed by atoms with van der Waals surface area (Å²) in [4.78, 5) is 13.1. The van der Waals surface area contributed by atoms with Crippen molar-refractivity contribution in [1.82, 2.24) is 5.32 Å². The van der Waals surface area contributed by atoms with Crippen molar-refractivity contribution < 1.29 is 18.7 Å². The fraction of sp³-hybridized carbons (Fsp3) is 0.182. The second-order valence-corrected chi connectivity index (χ2v) is 6.95. The summed E-state index contributed by atoms with van der Waals surface area (Å²) in [7, 11) is 2.99. The molecule has 0 bridgehead atoms. The molecule has 0 spiro atoms. The largest absolute Gasteiger partial charge is 0.493 e. The van der Waals surface area contributed by atoms with Crippen molar-refractivity contribution in [1.29, 1.82) is 5.41 Å². The Morgan fingerprint density at radius 3 is 2.48 bits per heavy atom. The van der Waals surface area contributed by atoms with Crippen LogP contribution in [-0.2, 0) is 11.3 Å². The number of furan rings is 1. The number of amidine groups is 1. The summed E-state index contributed by atoms with van der Waals surface area (Å²) in [6.45, 7) is 0.220. The van der Waals surface area contributed by atoms with E-state index >= 15 is 0 Å². The molecule has 2 aromatic carbocycles. The van der Waals surface area contributed by atoms with Gasteiger partial charge in [-0.15, -0.1) is 0 Å². The topological polar surface area (TPSA) is 123 Å². The molecule has 0 aliphatic heterocycles. The molecule has 0 aliphatic carbocycles. The Bertz CT molecular complexity index is 1050. The van der Waals surface area contributed by atoms with Crippen molar-refractivity contribution in [3.63, 3.8) is 0 Å². The maximum atomic E-state index is 13.1. The molecule has 0 fully saturated rings. The first-order chi connectivity index (χ1) is 14.9. The molecule has 9 heteroatoms. The average molecular weight is 443 g/mol. The van der Waals surface area contributed by atoms with Gasteiger partial charge in [-0.3, -0.25) is 10.2 Å². The van der Waals surface area contributed by atoms with Gasteiger partial charge < -0.3 is 30.3 Å². The number of halogens is 1. The molecule has 3 rings (SSSR count). The van der Waals surface area contributed by atoms with Crippen LogP contribution in [0.3, 0.4) is 0 Å². The Labute approximate surface area is 184 Å². The number of benzene rings is 2. The maximum Gasteiger partial charge on any atom is 0.247 e. The number of carbonyl (C=O) groups is 1. The van der Waals surface area contributed by atoms with E-state index in [0.29, 0.717) is 34.1 Å². The molecule has 0 saturated heterocycles. The second-order valence-electron chi connectivity index (χ2n) is 6.57. The molecule has 1 aromatic heterocycles. The molecule has 0 saturated carbocycles. The highest BCUT2D eigenvalue weighted by Crippen LogP contribution is 2.40. The molecule has 0 radical (unpaired) electrons. The number of hydrogen-bond acceptors (Lipinski definition) is 6. The standard InChI is InChI=1S/C22H23ClN4O4/c1-29-17-10-9-16(18(23)20(17)30-2)19(22(28)26-12-15-4-3-11-31-15)27-14-7-5-13(6-8-14)21(24)25/h3-11,19,27H,12H2,1-2H3,(H3,24,25)(H,26,28). The molecule has 31 heavy (non-hydrogen) atoms. The summed E-state index contributed by atoms with van der Waals surface area (Å²) >= 11 is 6.58. The number of hydrogen-bond donors (Lipinski definition) is 4. The number of anilines is 1. The highest BCUT2D eigenvalue weighted by molar-refractivity contribution is 6.33. The summed E-state index contributed by atoms with van der Waals surface area (Å²) in [6, 6.07) is 12.9. The normalized spacial score (nSPS) is 11.5. The quantitative estimate of drug-likeness (QED) is 0.296. The number of amides is 1. The van der Waals surface area contributed by atoms with Crippen molar-refractivity contribution in [2.24, 2.45) is 5.73 Å². The van der Waals surface area contributed by atoms with Crippen LogP contribution in [0.1, 0.15) is 22.9 Å². The lowest BCUT2D eigenvalue weighted by atomic mass is 10.0. The molecule has 8 nitrogen and oxygen atoms in total. The highest BCUT2D eigenvalue weighted by Gasteiger charge is 2.26.